The van der Waals surface area contributed by atoms with Gasteiger partial charge in [-0.3, -0.25) is 4.79 Å². The van der Waals surface area contributed by atoms with Gasteiger partial charge in [0.15, 0.2) is 0 Å². The molecule has 0 spiro atoms. The molecule has 4 heteroatoms. The summed E-state index contributed by atoms with van der Waals surface area (Å²) in [6.45, 7) is 9.01. The summed E-state index contributed by atoms with van der Waals surface area (Å²) in [6, 6.07) is 0.817. The number of carbonyl (C=O) groups is 1. The van der Waals surface area contributed by atoms with E-state index in [1.165, 1.54) is 38.5 Å². The molecule has 0 radical (unpaired) electrons. The average molecular weight is 337 g/mol. The van der Waals surface area contributed by atoms with Crippen molar-refractivity contribution in [1.82, 2.24) is 10.2 Å². The predicted molar refractivity (Wildman–Crippen MR) is 96.9 cm³/mol. The lowest BCUT2D eigenvalue weighted by Gasteiger charge is -2.44. The van der Waals surface area contributed by atoms with Gasteiger partial charge in [-0.15, -0.1) is 0 Å². The van der Waals surface area contributed by atoms with Crippen molar-refractivity contribution in [2.45, 2.75) is 90.3 Å². The van der Waals surface area contributed by atoms with Gasteiger partial charge in [0.05, 0.1) is 25.3 Å². The fourth-order valence-electron chi connectivity index (χ4n) is 5.14. The van der Waals surface area contributed by atoms with Crippen molar-refractivity contribution in [3.8, 4) is 0 Å². The normalized spacial score (nSPS) is 34.7. The largest absolute Gasteiger partial charge is 0.374 e. The molecule has 0 aromatic carbocycles. The average Bonchev–Trinajstić information content (AvgIpc) is 2.58. The number of nitrogens with one attached hydrogen (secondary N) is 1. The highest BCUT2D eigenvalue weighted by Gasteiger charge is 2.38. The van der Waals surface area contributed by atoms with E-state index in [0.29, 0.717) is 36.6 Å². The number of ether oxygens (including phenoxy) is 1. The Kier molecular flexibility index (Phi) is 5.86. The van der Waals surface area contributed by atoms with Crippen LogP contribution in [0.2, 0.25) is 0 Å². The molecule has 138 valence electrons. The van der Waals surface area contributed by atoms with Gasteiger partial charge in [0.2, 0.25) is 5.91 Å². The van der Waals surface area contributed by atoms with E-state index in [9.17, 15) is 4.79 Å². The van der Waals surface area contributed by atoms with Crippen molar-refractivity contribution in [1.29, 1.82) is 0 Å². The minimum atomic E-state index is 0.286. The van der Waals surface area contributed by atoms with Crippen molar-refractivity contribution in [3.63, 3.8) is 0 Å². The number of carbonyl (C=O) groups excluding carboxylic acids is 1. The lowest BCUT2D eigenvalue weighted by molar-refractivity contribution is -0.148. The van der Waals surface area contributed by atoms with E-state index in [1.54, 1.807) is 0 Å². The highest BCUT2D eigenvalue weighted by atomic mass is 16.5. The molecule has 3 fully saturated rings. The van der Waals surface area contributed by atoms with Crippen LogP contribution < -0.4 is 5.32 Å². The fraction of sp³-hybridized carbons (Fsp3) is 0.950. The van der Waals surface area contributed by atoms with Gasteiger partial charge in [-0.25, -0.2) is 0 Å². The van der Waals surface area contributed by atoms with Gasteiger partial charge in [0, 0.05) is 12.6 Å². The van der Waals surface area contributed by atoms with Crippen LogP contribution in [-0.2, 0) is 9.53 Å². The van der Waals surface area contributed by atoms with E-state index in [1.807, 2.05) is 0 Å². The Balaban J connectivity index is 1.56. The summed E-state index contributed by atoms with van der Waals surface area (Å²) in [7, 11) is 0. The molecule has 1 amide bonds. The Hall–Kier alpha value is -0.610. The summed E-state index contributed by atoms with van der Waals surface area (Å²) in [5, 5.41) is 3.64. The number of rotatable bonds is 3. The van der Waals surface area contributed by atoms with Gasteiger partial charge in [0.25, 0.3) is 0 Å². The van der Waals surface area contributed by atoms with Crippen molar-refractivity contribution >= 4 is 5.91 Å². The van der Waals surface area contributed by atoms with Crippen molar-refractivity contribution < 1.29 is 9.53 Å². The number of morpholine rings is 1. The van der Waals surface area contributed by atoms with Gasteiger partial charge in [-0.2, -0.15) is 0 Å². The third kappa shape index (κ3) is 4.13. The predicted octanol–water partition coefficient (Wildman–Crippen LogP) is 3.35. The van der Waals surface area contributed by atoms with Gasteiger partial charge in [-0.05, 0) is 37.0 Å². The Morgan fingerprint density at radius 1 is 1.08 bits per heavy atom. The number of amides is 1. The topological polar surface area (TPSA) is 41.6 Å². The van der Waals surface area contributed by atoms with Gasteiger partial charge < -0.3 is 15.0 Å². The molecule has 3 rings (SSSR count). The molecule has 1 heterocycles. The second-order valence-corrected chi connectivity index (χ2v) is 9.09. The van der Waals surface area contributed by atoms with E-state index in [4.69, 9.17) is 4.74 Å². The number of hydrogen-bond acceptors (Lipinski definition) is 3. The third-order valence-electron chi connectivity index (χ3n) is 6.45. The van der Waals surface area contributed by atoms with Crippen molar-refractivity contribution in [2.75, 3.05) is 19.7 Å². The maximum Gasteiger partial charge on any atom is 0.236 e. The molecule has 1 N–H and O–H groups in total. The third-order valence-corrected chi connectivity index (χ3v) is 6.45. The maximum absolute atomic E-state index is 12.9. The highest BCUT2D eigenvalue weighted by molar-refractivity contribution is 5.78. The van der Waals surface area contributed by atoms with Crippen LogP contribution in [-0.4, -0.2) is 48.7 Å². The quantitative estimate of drug-likeness (QED) is 0.859. The standard InChI is InChI=1S/C20H36N2O2/c1-20(2,3)15-8-4-5-9-16(15)21-14-19(23)22-12-13-24-18-11-7-6-10-17(18)22/h15-18,21H,4-14H2,1-3H3. The van der Waals surface area contributed by atoms with Crippen LogP contribution in [0, 0.1) is 11.3 Å². The molecule has 4 atom stereocenters. The molecule has 4 unspecified atom stereocenters. The first kappa shape index (κ1) is 18.2. The summed E-state index contributed by atoms with van der Waals surface area (Å²) < 4.78 is 5.90. The van der Waals surface area contributed by atoms with Crippen LogP contribution in [0.4, 0.5) is 0 Å². The second-order valence-electron chi connectivity index (χ2n) is 9.09. The molecule has 1 saturated heterocycles. The van der Waals surface area contributed by atoms with Crippen LogP contribution >= 0.6 is 0 Å². The molecular formula is C20H36N2O2. The highest BCUT2D eigenvalue weighted by Crippen LogP contribution is 2.38. The summed E-state index contributed by atoms with van der Waals surface area (Å²) in [4.78, 5) is 15.0. The zero-order valence-electron chi connectivity index (χ0n) is 15.9. The summed E-state index contributed by atoms with van der Waals surface area (Å²) in [5.41, 5.74) is 0.314. The van der Waals surface area contributed by atoms with Crippen LogP contribution in [0.1, 0.15) is 72.1 Å². The Bertz CT molecular complexity index is 430. The number of nitrogens with zero attached hydrogens (tertiary/aromatic N) is 1. The van der Waals surface area contributed by atoms with Gasteiger partial charge in [0.1, 0.15) is 0 Å². The molecule has 24 heavy (non-hydrogen) atoms. The van der Waals surface area contributed by atoms with Crippen LogP contribution in [0.25, 0.3) is 0 Å². The fourth-order valence-corrected chi connectivity index (χ4v) is 5.14. The van der Waals surface area contributed by atoms with Crippen LogP contribution in [0.15, 0.2) is 0 Å². The molecular weight excluding hydrogens is 300 g/mol. The van der Waals surface area contributed by atoms with E-state index < -0.39 is 0 Å². The maximum atomic E-state index is 12.9. The van der Waals surface area contributed by atoms with E-state index in [0.717, 1.165) is 19.4 Å². The van der Waals surface area contributed by atoms with Gasteiger partial charge in [-0.1, -0.05) is 46.5 Å². The summed E-state index contributed by atoms with van der Waals surface area (Å²) >= 11 is 0. The number of hydrogen-bond donors (Lipinski definition) is 1. The summed E-state index contributed by atoms with van der Waals surface area (Å²) in [6.07, 6.45) is 10.1. The van der Waals surface area contributed by atoms with Crippen LogP contribution in [0.3, 0.4) is 0 Å². The lowest BCUT2D eigenvalue weighted by Crippen LogP contribution is -2.57. The van der Waals surface area contributed by atoms with Crippen molar-refractivity contribution in [3.05, 3.63) is 0 Å². The Morgan fingerprint density at radius 3 is 2.58 bits per heavy atom. The molecule has 1 aliphatic heterocycles. The minimum absolute atomic E-state index is 0.286. The second kappa shape index (κ2) is 7.74. The first-order valence-electron chi connectivity index (χ1n) is 10.1. The molecule has 2 saturated carbocycles. The molecule has 0 aromatic heterocycles. The molecule has 0 bridgehead atoms. The monoisotopic (exact) mass is 336 g/mol. The first-order chi connectivity index (χ1) is 11.5. The summed E-state index contributed by atoms with van der Waals surface area (Å²) in [5.74, 6) is 0.958. The van der Waals surface area contributed by atoms with Crippen LogP contribution in [0.5, 0.6) is 0 Å². The van der Waals surface area contributed by atoms with E-state index in [-0.39, 0.29) is 12.0 Å². The molecule has 0 aromatic rings. The smallest absolute Gasteiger partial charge is 0.236 e. The molecule has 2 aliphatic carbocycles. The Morgan fingerprint density at radius 2 is 1.79 bits per heavy atom. The van der Waals surface area contributed by atoms with E-state index >= 15 is 0 Å². The zero-order valence-corrected chi connectivity index (χ0v) is 15.9. The minimum Gasteiger partial charge on any atom is -0.374 e. The molecule has 4 nitrogen and oxygen atoms in total. The van der Waals surface area contributed by atoms with E-state index in [2.05, 4.69) is 31.0 Å². The zero-order chi connectivity index (χ0) is 17.2. The van der Waals surface area contributed by atoms with Crippen molar-refractivity contribution in [2.24, 2.45) is 11.3 Å². The van der Waals surface area contributed by atoms with Gasteiger partial charge >= 0.3 is 0 Å². The number of fused-ring (bicyclic) bond motifs is 1. The lowest BCUT2D eigenvalue weighted by atomic mass is 9.69. The SMILES string of the molecule is CC(C)(C)C1CCCCC1NCC(=O)N1CCOC2CCCCC21. The molecule has 3 aliphatic rings. The first-order valence-corrected chi connectivity index (χ1v) is 10.1. The Labute approximate surface area is 147 Å².